The summed E-state index contributed by atoms with van der Waals surface area (Å²) in [6.45, 7) is 16.2. The van der Waals surface area contributed by atoms with Crippen LogP contribution in [0.5, 0.6) is 0 Å². The molecule has 2 aliphatic rings. The van der Waals surface area contributed by atoms with Gasteiger partial charge in [-0.3, -0.25) is 29.8 Å². The maximum Gasteiger partial charge on any atom is 0.258 e. The van der Waals surface area contributed by atoms with Crippen molar-refractivity contribution in [3.05, 3.63) is 105 Å². The fourth-order valence-electron chi connectivity index (χ4n) is 8.22. The Morgan fingerprint density at radius 3 is 1.15 bits per heavy atom. The summed E-state index contributed by atoms with van der Waals surface area (Å²) in [4.78, 5) is 59.8. The van der Waals surface area contributed by atoms with Gasteiger partial charge in [0.1, 0.15) is 0 Å². The first kappa shape index (κ1) is 25.6. The minimum Gasteiger partial charge on any atom is -0.288 e. The Balaban J connectivity index is 1.57. The van der Waals surface area contributed by atoms with Gasteiger partial charge in [0.25, 0.3) is 23.6 Å². The summed E-state index contributed by atoms with van der Waals surface area (Å²) in [6, 6.07) is 17.6. The summed E-state index contributed by atoms with van der Waals surface area (Å²) in [6.07, 6.45) is 0. The molecule has 2 heterocycles. The third-order valence-electron chi connectivity index (χ3n) is 9.92. The van der Waals surface area contributed by atoms with Crippen LogP contribution in [0, 0.1) is 35.8 Å². The first-order valence-electron chi connectivity index (χ1n) is 14.5. The van der Waals surface area contributed by atoms with E-state index in [9.17, 15) is 29.7 Å². The largest absolute Gasteiger partial charge is 0.288 e. The number of nitrogens with one attached hydrogen (secondary N) is 2. The van der Waals surface area contributed by atoms with E-state index in [4.69, 9.17) is 13.1 Å². The van der Waals surface area contributed by atoms with Gasteiger partial charge in [-0.1, -0.05) is 24.3 Å². The van der Waals surface area contributed by atoms with E-state index in [1.54, 1.807) is 0 Å². The molecule has 8 aromatic carbocycles. The van der Waals surface area contributed by atoms with Crippen LogP contribution < -0.4 is 10.6 Å². The highest BCUT2D eigenvalue weighted by molar-refractivity contribution is 6.48. The lowest BCUT2D eigenvalue weighted by atomic mass is 9.78. The number of nitriles is 2. The Kier molecular flexibility index (Phi) is 4.34. The van der Waals surface area contributed by atoms with Crippen LogP contribution in [0.3, 0.4) is 0 Å². The predicted octanol–water partition coefficient (Wildman–Crippen LogP) is 7.25. The van der Waals surface area contributed by atoms with Crippen LogP contribution in [0.1, 0.15) is 52.6 Å². The SMILES string of the molecule is [C-]#[N+]c1cc2c3c(cc([N+]#[C-])c4c5ccc6c7c(C#N)cc8c9c(cc(C#N)c(c%10ccc(c1c34)c5c%106)c97)C(=O)NC8=O)C(=O)NC2=O. The Bertz CT molecular complexity index is 2820. The maximum absolute atomic E-state index is 13.1. The van der Waals surface area contributed by atoms with Gasteiger partial charge in [-0.15, -0.1) is 0 Å². The van der Waals surface area contributed by atoms with Gasteiger partial charge in [0.2, 0.25) is 0 Å². The number of carbonyl (C=O) groups is 4. The van der Waals surface area contributed by atoms with E-state index in [0.29, 0.717) is 75.4 Å². The molecule has 8 aromatic rings. The van der Waals surface area contributed by atoms with Crippen LogP contribution in [0.25, 0.3) is 85.1 Å². The standard InChI is InChI=1S/C38H10N6O4/c1-41-23-9-21-30-22(38(48)44-37(21)47)10-24(42-2)32-18-6-4-16-26-14(12-40)8-20-29-19(35(45)43-36(20)46)7-13(11-39)25(33(26)29)15-3-5-17(28(18)27(15)16)31(23)34(30)32/h3-10H,(H,43,45,46)(H,44,47,48). The second-order valence-corrected chi connectivity index (χ2v) is 11.9. The zero-order valence-electron chi connectivity index (χ0n) is 24.0. The van der Waals surface area contributed by atoms with Crippen LogP contribution in [0.2, 0.25) is 0 Å². The maximum atomic E-state index is 13.1. The number of nitrogens with zero attached hydrogens (tertiary/aromatic N) is 4. The molecule has 0 bridgehead atoms. The van der Waals surface area contributed by atoms with Crippen molar-refractivity contribution in [2.45, 2.75) is 0 Å². The van der Waals surface area contributed by atoms with Gasteiger partial charge in [-0.05, 0) is 72.7 Å². The number of amides is 4. The fourth-order valence-corrected chi connectivity index (χ4v) is 8.22. The summed E-state index contributed by atoms with van der Waals surface area (Å²) < 4.78 is 0. The predicted molar refractivity (Wildman–Crippen MR) is 177 cm³/mol. The third-order valence-corrected chi connectivity index (χ3v) is 9.92. The Morgan fingerprint density at radius 1 is 0.458 bits per heavy atom. The van der Waals surface area contributed by atoms with Crippen molar-refractivity contribution >= 4 is 110 Å². The molecule has 216 valence electrons. The van der Waals surface area contributed by atoms with E-state index in [0.717, 1.165) is 0 Å². The molecule has 0 fully saturated rings. The lowest BCUT2D eigenvalue weighted by molar-refractivity contribution is 0.0828. The molecule has 10 heteroatoms. The third kappa shape index (κ3) is 2.64. The van der Waals surface area contributed by atoms with Crippen LogP contribution in [-0.2, 0) is 0 Å². The van der Waals surface area contributed by atoms with Crippen LogP contribution in [-0.4, -0.2) is 23.6 Å². The molecule has 0 spiro atoms. The summed E-state index contributed by atoms with van der Waals surface area (Å²) >= 11 is 0. The van der Waals surface area contributed by atoms with Crippen molar-refractivity contribution in [2.24, 2.45) is 0 Å². The van der Waals surface area contributed by atoms with Crippen molar-refractivity contribution in [3.8, 4) is 12.1 Å². The molecule has 0 radical (unpaired) electrons. The minimum atomic E-state index is -0.635. The van der Waals surface area contributed by atoms with E-state index in [1.165, 1.54) is 24.3 Å². The molecule has 2 N–H and O–H groups in total. The van der Waals surface area contributed by atoms with Crippen molar-refractivity contribution < 1.29 is 19.2 Å². The van der Waals surface area contributed by atoms with Gasteiger partial charge < -0.3 is 0 Å². The molecular weight excluding hydrogens is 604 g/mol. The first-order valence-corrected chi connectivity index (χ1v) is 14.5. The van der Waals surface area contributed by atoms with E-state index >= 15 is 0 Å². The average Bonchev–Trinajstić information content (AvgIpc) is 3.10. The summed E-state index contributed by atoms with van der Waals surface area (Å²) in [7, 11) is 0. The monoisotopic (exact) mass is 614 g/mol. The molecule has 0 unspecified atom stereocenters. The number of carbonyl (C=O) groups excluding carboxylic acids is 4. The molecule has 10 rings (SSSR count). The molecule has 4 amide bonds. The molecule has 0 saturated heterocycles. The van der Waals surface area contributed by atoms with Crippen molar-refractivity contribution in [2.75, 3.05) is 0 Å². The molecule has 0 aliphatic carbocycles. The quantitative estimate of drug-likeness (QED) is 0.0796. The van der Waals surface area contributed by atoms with E-state index in [1.807, 2.05) is 24.3 Å². The second-order valence-electron chi connectivity index (χ2n) is 11.9. The molecule has 10 nitrogen and oxygen atoms in total. The normalized spacial score (nSPS) is 13.8. The second kappa shape index (κ2) is 8.13. The lowest BCUT2D eigenvalue weighted by Crippen LogP contribution is -2.35. The number of imide groups is 2. The van der Waals surface area contributed by atoms with Gasteiger partial charge in [0.15, 0.2) is 11.4 Å². The smallest absolute Gasteiger partial charge is 0.258 e. The van der Waals surface area contributed by atoms with Crippen molar-refractivity contribution in [1.29, 1.82) is 10.5 Å². The van der Waals surface area contributed by atoms with Crippen molar-refractivity contribution in [1.82, 2.24) is 10.6 Å². The zero-order chi connectivity index (χ0) is 32.9. The van der Waals surface area contributed by atoms with Gasteiger partial charge in [0.05, 0.1) is 36.4 Å². The average molecular weight is 615 g/mol. The highest BCUT2D eigenvalue weighted by Gasteiger charge is 2.34. The molecule has 0 aromatic heterocycles. The van der Waals surface area contributed by atoms with E-state index < -0.39 is 23.6 Å². The Labute approximate surface area is 267 Å². The van der Waals surface area contributed by atoms with E-state index in [-0.39, 0.29) is 44.8 Å². The molecule has 2 aliphatic heterocycles. The van der Waals surface area contributed by atoms with Gasteiger partial charge >= 0.3 is 0 Å². The highest BCUT2D eigenvalue weighted by atomic mass is 16.2. The van der Waals surface area contributed by atoms with Crippen molar-refractivity contribution in [3.63, 3.8) is 0 Å². The number of hydrogen-bond donors (Lipinski definition) is 2. The van der Waals surface area contributed by atoms with Crippen LogP contribution in [0.4, 0.5) is 11.4 Å². The zero-order valence-corrected chi connectivity index (χ0v) is 24.0. The van der Waals surface area contributed by atoms with Crippen LogP contribution in [0.15, 0.2) is 48.5 Å². The molecule has 0 saturated carbocycles. The summed E-state index contributed by atoms with van der Waals surface area (Å²) in [5.41, 5.74) is 1.36. The summed E-state index contributed by atoms with van der Waals surface area (Å²) in [5, 5.41) is 32.9. The number of fused-ring (bicyclic) bond motifs is 4. The van der Waals surface area contributed by atoms with Gasteiger partial charge in [-0.2, -0.15) is 10.5 Å². The number of hydrogen-bond acceptors (Lipinski definition) is 6. The Morgan fingerprint density at radius 2 is 0.792 bits per heavy atom. The number of rotatable bonds is 0. The minimum absolute atomic E-state index is 0.162. The molecule has 48 heavy (non-hydrogen) atoms. The Hall–Kier alpha value is -7.66. The van der Waals surface area contributed by atoms with Gasteiger partial charge in [-0.25, -0.2) is 9.69 Å². The number of benzene rings is 8. The highest BCUT2D eigenvalue weighted by Crippen LogP contribution is 2.53. The van der Waals surface area contributed by atoms with Gasteiger partial charge in [0, 0.05) is 49.2 Å². The summed E-state index contributed by atoms with van der Waals surface area (Å²) in [5.74, 6) is -2.52. The van der Waals surface area contributed by atoms with E-state index in [2.05, 4.69) is 32.5 Å². The lowest BCUT2D eigenvalue weighted by Gasteiger charge is -2.25. The van der Waals surface area contributed by atoms with Crippen LogP contribution >= 0.6 is 0 Å². The fraction of sp³-hybridized carbons (Fsp3) is 0. The first-order chi connectivity index (χ1) is 23.3. The topological polar surface area (TPSA) is 149 Å². The molecule has 0 atom stereocenters. The molecular formula is C38H10N6O4.